The zero-order valence-electron chi connectivity index (χ0n) is 11.8. The van der Waals surface area contributed by atoms with Crippen LogP contribution in [0.4, 0.5) is 0 Å². The SMILES string of the molecule is COc1cccc2[nH]cc(C(=O)C3CCCC3C(=O)O)c12. The number of ether oxygens (including phenoxy) is 1. The van der Waals surface area contributed by atoms with Gasteiger partial charge < -0.3 is 14.8 Å². The molecule has 1 saturated carbocycles. The van der Waals surface area contributed by atoms with Gasteiger partial charge in [0.2, 0.25) is 0 Å². The summed E-state index contributed by atoms with van der Waals surface area (Å²) in [6.45, 7) is 0. The number of H-pyrrole nitrogens is 1. The van der Waals surface area contributed by atoms with Gasteiger partial charge in [-0.05, 0) is 25.0 Å². The van der Waals surface area contributed by atoms with Crippen LogP contribution in [0, 0.1) is 11.8 Å². The molecule has 1 aromatic heterocycles. The number of hydrogen-bond acceptors (Lipinski definition) is 3. The molecule has 1 aromatic carbocycles. The van der Waals surface area contributed by atoms with Gasteiger partial charge in [-0.25, -0.2) is 0 Å². The number of aromatic amines is 1. The fourth-order valence-electron chi connectivity index (χ4n) is 3.28. The van der Waals surface area contributed by atoms with E-state index in [0.29, 0.717) is 24.2 Å². The number of ketones is 1. The van der Waals surface area contributed by atoms with Gasteiger partial charge in [-0.1, -0.05) is 12.5 Å². The molecule has 0 aliphatic heterocycles. The number of fused-ring (bicyclic) bond motifs is 1. The Morgan fingerprint density at radius 2 is 2.05 bits per heavy atom. The van der Waals surface area contributed by atoms with Gasteiger partial charge in [-0.3, -0.25) is 9.59 Å². The molecule has 5 heteroatoms. The number of nitrogens with one attached hydrogen (secondary N) is 1. The highest BCUT2D eigenvalue weighted by Crippen LogP contribution is 2.37. The van der Waals surface area contributed by atoms with Gasteiger partial charge in [0.25, 0.3) is 0 Å². The second-order valence-electron chi connectivity index (χ2n) is 5.43. The normalized spacial score (nSPS) is 21.6. The van der Waals surface area contributed by atoms with Crippen molar-refractivity contribution in [3.63, 3.8) is 0 Å². The van der Waals surface area contributed by atoms with E-state index in [-0.39, 0.29) is 5.78 Å². The molecule has 2 unspecified atom stereocenters. The summed E-state index contributed by atoms with van der Waals surface area (Å²) in [4.78, 5) is 27.1. The smallest absolute Gasteiger partial charge is 0.307 e. The Morgan fingerprint density at radius 3 is 2.76 bits per heavy atom. The Bertz CT molecular complexity index is 703. The molecule has 1 aliphatic rings. The van der Waals surface area contributed by atoms with Gasteiger partial charge in [0, 0.05) is 23.2 Å². The summed E-state index contributed by atoms with van der Waals surface area (Å²) in [7, 11) is 1.56. The maximum absolute atomic E-state index is 12.8. The van der Waals surface area contributed by atoms with Gasteiger partial charge in [-0.2, -0.15) is 0 Å². The average molecular weight is 287 g/mol. The molecule has 2 aromatic rings. The molecule has 1 fully saturated rings. The third-order valence-corrected chi connectivity index (χ3v) is 4.32. The average Bonchev–Trinajstić information content (AvgIpc) is 3.12. The number of carbonyl (C=O) groups is 2. The topological polar surface area (TPSA) is 79.4 Å². The van der Waals surface area contributed by atoms with E-state index in [4.69, 9.17) is 4.74 Å². The maximum atomic E-state index is 12.8. The third-order valence-electron chi connectivity index (χ3n) is 4.32. The van der Waals surface area contributed by atoms with Crippen LogP contribution in [-0.4, -0.2) is 29.0 Å². The Morgan fingerprint density at radius 1 is 1.29 bits per heavy atom. The molecule has 3 rings (SSSR count). The summed E-state index contributed by atoms with van der Waals surface area (Å²) in [6, 6.07) is 5.52. The number of carboxylic acid groups (broad SMARTS) is 1. The predicted molar refractivity (Wildman–Crippen MR) is 77.6 cm³/mol. The van der Waals surface area contributed by atoms with Crippen LogP contribution in [0.25, 0.3) is 10.9 Å². The van der Waals surface area contributed by atoms with Gasteiger partial charge in [0.15, 0.2) is 5.78 Å². The fraction of sp³-hybridized carbons (Fsp3) is 0.375. The van der Waals surface area contributed by atoms with E-state index < -0.39 is 17.8 Å². The second kappa shape index (κ2) is 5.24. The molecule has 0 radical (unpaired) electrons. The van der Waals surface area contributed by atoms with Crippen molar-refractivity contribution in [1.29, 1.82) is 0 Å². The largest absolute Gasteiger partial charge is 0.496 e. The van der Waals surface area contributed by atoms with E-state index in [2.05, 4.69) is 4.98 Å². The van der Waals surface area contributed by atoms with Crippen molar-refractivity contribution in [1.82, 2.24) is 4.98 Å². The number of carbonyl (C=O) groups excluding carboxylic acids is 1. The first kappa shape index (κ1) is 13.7. The molecular formula is C16H17NO4. The minimum atomic E-state index is -0.877. The molecule has 2 atom stereocenters. The summed E-state index contributed by atoms with van der Waals surface area (Å²) in [5, 5.41) is 10.00. The van der Waals surface area contributed by atoms with Crippen molar-refractivity contribution in [2.75, 3.05) is 7.11 Å². The van der Waals surface area contributed by atoms with E-state index in [1.807, 2.05) is 12.1 Å². The lowest BCUT2D eigenvalue weighted by Gasteiger charge is -2.14. The van der Waals surface area contributed by atoms with E-state index in [0.717, 1.165) is 17.3 Å². The highest BCUT2D eigenvalue weighted by Gasteiger charge is 2.38. The van der Waals surface area contributed by atoms with E-state index in [9.17, 15) is 14.7 Å². The van der Waals surface area contributed by atoms with Crippen LogP contribution in [-0.2, 0) is 4.79 Å². The minimum Gasteiger partial charge on any atom is -0.496 e. The molecular weight excluding hydrogens is 270 g/mol. The Labute approximate surface area is 121 Å². The molecule has 0 amide bonds. The molecule has 0 bridgehead atoms. The summed E-state index contributed by atoms with van der Waals surface area (Å²) in [5.41, 5.74) is 1.35. The highest BCUT2D eigenvalue weighted by molar-refractivity contribution is 6.11. The quantitative estimate of drug-likeness (QED) is 0.847. The molecule has 0 saturated heterocycles. The van der Waals surface area contributed by atoms with Crippen LogP contribution in [0.1, 0.15) is 29.6 Å². The second-order valence-corrected chi connectivity index (χ2v) is 5.43. The van der Waals surface area contributed by atoms with Gasteiger partial charge in [-0.15, -0.1) is 0 Å². The molecule has 5 nitrogen and oxygen atoms in total. The molecule has 21 heavy (non-hydrogen) atoms. The number of methoxy groups -OCH3 is 1. The summed E-state index contributed by atoms with van der Waals surface area (Å²) < 4.78 is 5.33. The Hall–Kier alpha value is -2.30. The first-order valence-corrected chi connectivity index (χ1v) is 7.04. The number of benzene rings is 1. The van der Waals surface area contributed by atoms with E-state index >= 15 is 0 Å². The van der Waals surface area contributed by atoms with E-state index in [1.165, 1.54) is 0 Å². The van der Waals surface area contributed by atoms with Crippen molar-refractivity contribution >= 4 is 22.7 Å². The minimum absolute atomic E-state index is 0.101. The monoisotopic (exact) mass is 287 g/mol. The summed E-state index contributed by atoms with van der Waals surface area (Å²) in [5.74, 6) is -1.36. The standard InChI is InChI=1S/C16H17NO4/c1-21-13-7-3-6-12-14(13)11(8-17-12)15(18)9-4-2-5-10(9)16(19)20/h3,6-10,17H,2,4-5H2,1H3,(H,19,20). The summed E-state index contributed by atoms with van der Waals surface area (Å²) >= 11 is 0. The van der Waals surface area contributed by atoms with Gasteiger partial charge in [0.05, 0.1) is 18.4 Å². The number of aliphatic carboxylic acids is 1. The highest BCUT2D eigenvalue weighted by atomic mass is 16.5. The Balaban J connectivity index is 2.04. The zero-order chi connectivity index (χ0) is 15.0. The maximum Gasteiger partial charge on any atom is 0.307 e. The number of Topliss-reactive ketones (excluding diaryl/α,β-unsaturated/α-hetero) is 1. The molecule has 2 N–H and O–H groups in total. The van der Waals surface area contributed by atoms with Gasteiger partial charge >= 0.3 is 5.97 Å². The predicted octanol–water partition coefficient (Wildman–Crippen LogP) is 2.86. The number of carboxylic acids is 1. The number of rotatable bonds is 4. The van der Waals surface area contributed by atoms with Crippen molar-refractivity contribution in [2.45, 2.75) is 19.3 Å². The first-order valence-electron chi connectivity index (χ1n) is 7.04. The molecule has 110 valence electrons. The molecule has 1 heterocycles. The van der Waals surface area contributed by atoms with Crippen LogP contribution in [0.15, 0.2) is 24.4 Å². The van der Waals surface area contributed by atoms with Crippen molar-refractivity contribution < 1.29 is 19.4 Å². The lowest BCUT2D eigenvalue weighted by molar-refractivity contribution is -0.142. The number of hydrogen-bond donors (Lipinski definition) is 2. The van der Waals surface area contributed by atoms with Gasteiger partial charge in [0.1, 0.15) is 5.75 Å². The van der Waals surface area contributed by atoms with Crippen molar-refractivity contribution in [3.05, 3.63) is 30.0 Å². The first-order chi connectivity index (χ1) is 10.1. The lowest BCUT2D eigenvalue weighted by atomic mass is 9.88. The fourth-order valence-corrected chi connectivity index (χ4v) is 3.28. The number of aromatic nitrogens is 1. The van der Waals surface area contributed by atoms with Crippen LogP contribution < -0.4 is 4.74 Å². The lowest BCUT2D eigenvalue weighted by Crippen LogP contribution is -2.25. The summed E-state index contributed by atoms with van der Waals surface area (Å²) in [6.07, 6.45) is 3.66. The van der Waals surface area contributed by atoms with Crippen LogP contribution in [0.5, 0.6) is 5.75 Å². The van der Waals surface area contributed by atoms with Crippen LogP contribution in [0.3, 0.4) is 0 Å². The molecule has 0 spiro atoms. The van der Waals surface area contributed by atoms with Crippen molar-refractivity contribution in [3.8, 4) is 5.75 Å². The van der Waals surface area contributed by atoms with Crippen LogP contribution in [0.2, 0.25) is 0 Å². The zero-order valence-corrected chi connectivity index (χ0v) is 11.8. The van der Waals surface area contributed by atoms with Crippen molar-refractivity contribution in [2.24, 2.45) is 11.8 Å². The Kier molecular flexibility index (Phi) is 3.41. The third kappa shape index (κ3) is 2.18. The molecule has 1 aliphatic carbocycles. The van der Waals surface area contributed by atoms with E-state index in [1.54, 1.807) is 19.4 Å². The van der Waals surface area contributed by atoms with Crippen LogP contribution >= 0.6 is 0 Å².